The Hall–Kier alpha value is -2.70. The SMILES string of the molecule is C[C@@H](OC(=O)/C=C/c1ccccc1[N+](=O)[O-])C(=O)NC1CCCC1. The van der Waals surface area contributed by atoms with E-state index < -0.39 is 17.0 Å². The number of benzene rings is 1. The van der Waals surface area contributed by atoms with Gasteiger partial charge in [0.2, 0.25) is 0 Å². The number of nitrogens with zero attached hydrogens (tertiary/aromatic N) is 1. The molecule has 1 fully saturated rings. The van der Waals surface area contributed by atoms with E-state index in [0.717, 1.165) is 31.8 Å². The molecule has 1 saturated carbocycles. The first-order valence-corrected chi connectivity index (χ1v) is 7.90. The summed E-state index contributed by atoms with van der Waals surface area (Å²) in [5, 5.41) is 13.8. The molecule has 0 saturated heterocycles. The van der Waals surface area contributed by atoms with E-state index in [2.05, 4.69) is 5.32 Å². The number of nitro benzene ring substituents is 1. The highest BCUT2D eigenvalue weighted by Crippen LogP contribution is 2.19. The molecule has 7 nitrogen and oxygen atoms in total. The van der Waals surface area contributed by atoms with Crippen molar-refractivity contribution in [3.05, 3.63) is 46.0 Å². The van der Waals surface area contributed by atoms with E-state index in [-0.39, 0.29) is 17.6 Å². The van der Waals surface area contributed by atoms with Gasteiger partial charge in [-0.05, 0) is 31.9 Å². The number of carbonyl (C=O) groups is 2. The van der Waals surface area contributed by atoms with Crippen LogP contribution in [0.25, 0.3) is 6.08 Å². The maximum atomic E-state index is 12.0. The first-order valence-electron chi connectivity index (χ1n) is 7.90. The van der Waals surface area contributed by atoms with E-state index in [0.29, 0.717) is 5.56 Å². The van der Waals surface area contributed by atoms with Crippen molar-refractivity contribution < 1.29 is 19.2 Å². The van der Waals surface area contributed by atoms with E-state index in [1.165, 1.54) is 25.1 Å². The predicted molar refractivity (Wildman–Crippen MR) is 88.1 cm³/mol. The number of amides is 1. The van der Waals surface area contributed by atoms with E-state index in [4.69, 9.17) is 4.74 Å². The van der Waals surface area contributed by atoms with Crippen molar-refractivity contribution in [2.45, 2.75) is 44.8 Å². The second-order valence-electron chi connectivity index (χ2n) is 5.72. The number of ether oxygens (including phenoxy) is 1. The van der Waals surface area contributed by atoms with Crippen LogP contribution in [0.1, 0.15) is 38.2 Å². The lowest BCUT2D eigenvalue weighted by Crippen LogP contribution is -2.40. The maximum absolute atomic E-state index is 12.0. The summed E-state index contributed by atoms with van der Waals surface area (Å²) in [4.78, 5) is 34.1. The topological polar surface area (TPSA) is 98.5 Å². The number of para-hydroxylation sites is 1. The van der Waals surface area contributed by atoms with Crippen molar-refractivity contribution in [2.24, 2.45) is 0 Å². The van der Waals surface area contributed by atoms with Gasteiger partial charge in [0.1, 0.15) is 0 Å². The second kappa shape index (κ2) is 8.24. The number of nitrogens with one attached hydrogen (secondary N) is 1. The van der Waals surface area contributed by atoms with Gasteiger partial charge >= 0.3 is 5.97 Å². The average Bonchev–Trinajstić information content (AvgIpc) is 3.06. The predicted octanol–water partition coefficient (Wildman–Crippen LogP) is 2.60. The van der Waals surface area contributed by atoms with Gasteiger partial charge in [-0.15, -0.1) is 0 Å². The van der Waals surface area contributed by atoms with Crippen LogP contribution >= 0.6 is 0 Å². The van der Waals surface area contributed by atoms with Crippen molar-refractivity contribution in [2.75, 3.05) is 0 Å². The molecule has 1 N–H and O–H groups in total. The molecule has 0 heterocycles. The third-order valence-corrected chi connectivity index (χ3v) is 3.90. The Morgan fingerprint density at radius 3 is 2.67 bits per heavy atom. The Labute approximate surface area is 139 Å². The highest BCUT2D eigenvalue weighted by Gasteiger charge is 2.22. The molecule has 0 aromatic heterocycles. The van der Waals surface area contributed by atoms with Crippen molar-refractivity contribution in [3.8, 4) is 0 Å². The Bertz CT molecular complexity index is 650. The van der Waals surface area contributed by atoms with Gasteiger partial charge in [0.15, 0.2) is 6.10 Å². The highest BCUT2D eigenvalue weighted by atomic mass is 16.6. The average molecular weight is 332 g/mol. The summed E-state index contributed by atoms with van der Waals surface area (Å²) in [7, 11) is 0. The molecule has 1 amide bonds. The molecular weight excluding hydrogens is 312 g/mol. The molecule has 1 aromatic carbocycles. The third kappa shape index (κ3) is 4.91. The lowest BCUT2D eigenvalue weighted by atomic mass is 10.1. The summed E-state index contributed by atoms with van der Waals surface area (Å²) in [5.41, 5.74) is 0.191. The van der Waals surface area contributed by atoms with Crippen LogP contribution in [-0.2, 0) is 14.3 Å². The van der Waals surface area contributed by atoms with E-state index in [9.17, 15) is 19.7 Å². The van der Waals surface area contributed by atoms with Crippen LogP contribution in [-0.4, -0.2) is 28.9 Å². The molecular formula is C17H20N2O5. The molecule has 0 spiro atoms. The lowest BCUT2D eigenvalue weighted by Gasteiger charge is -2.16. The fraction of sp³-hybridized carbons (Fsp3) is 0.412. The van der Waals surface area contributed by atoms with Crippen LogP contribution in [0.3, 0.4) is 0 Å². The molecule has 1 aliphatic carbocycles. The summed E-state index contributed by atoms with van der Waals surface area (Å²) in [6, 6.07) is 6.21. The number of rotatable bonds is 6. The highest BCUT2D eigenvalue weighted by molar-refractivity contribution is 5.90. The number of nitro groups is 1. The molecule has 0 radical (unpaired) electrons. The van der Waals surface area contributed by atoms with Crippen molar-refractivity contribution in [1.29, 1.82) is 0 Å². The molecule has 1 aromatic rings. The number of hydrogen-bond donors (Lipinski definition) is 1. The van der Waals surface area contributed by atoms with Gasteiger partial charge in [-0.1, -0.05) is 25.0 Å². The molecule has 7 heteroatoms. The minimum absolute atomic E-state index is 0.103. The van der Waals surface area contributed by atoms with Crippen molar-refractivity contribution in [1.82, 2.24) is 5.32 Å². The van der Waals surface area contributed by atoms with E-state index >= 15 is 0 Å². The molecule has 128 valence electrons. The van der Waals surface area contributed by atoms with Crippen molar-refractivity contribution in [3.63, 3.8) is 0 Å². The lowest BCUT2D eigenvalue weighted by molar-refractivity contribution is -0.385. The number of carbonyl (C=O) groups excluding carboxylic acids is 2. The third-order valence-electron chi connectivity index (χ3n) is 3.90. The molecule has 1 atom stereocenters. The monoisotopic (exact) mass is 332 g/mol. The van der Waals surface area contributed by atoms with Crippen LogP contribution in [0.2, 0.25) is 0 Å². The van der Waals surface area contributed by atoms with Gasteiger partial charge in [-0.2, -0.15) is 0 Å². The van der Waals surface area contributed by atoms with Crippen LogP contribution < -0.4 is 5.32 Å². The van der Waals surface area contributed by atoms with Gasteiger partial charge < -0.3 is 10.1 Å². The van der Waals surface area contributed by atoms with Gasteiger partial charge in [0.05, 0.1) is 10.5 Å². The first-order chi connectivity index (χ1) is 11.5. The summed E-state index contributed by atoms with van der Waals surface area (Å²) in [5.74, 6) is -1.04. The quantitative estimate of drug-likeness (QED) is 0.374. The Balaban J connectivity index is 1.90. The van der Waals surface area contributed by atoms with E-state index in [1.807, 2.05) is 0 Å². The zero-order valence-electron chi connectivity index (χ0n) is 13.4. The summed E-state index contributed by atoms with van der Waals surface area (Å²) >= 11 is 0. The van der Waals surface area contributed by atoms with Crippen LogP contribution in [0.5, 0.6) is 0 Å². The molecule has 2 rings (SSSR count). The van der Waals surface area contributed by atoms with Crippen LogP contribution in [0, 0.1) is 10.1 Å². The standard InChI is InChI=1S/C17H20N2O5/c1-12(17(21)18-14-7-3-4-8-14)24-16(20)11-10-13-6-2-5-9-15(13)19(22)23/h2,5-6,9-12,14H,3-4,7-8H2,1H3,(H,18,21)/b11-10+/t12-/m1/s1. The minimum atomic E-state index is -0.909. The molecule has 0 unspecified atom stereocenters. The fourth-order valence-electron chi connectivity index (χ4n) is 2.61. The van der Waals surface area contributed by atoms with Gasteiger partial charge in [-0.25, -0.2) is 4.79 Å². The van der Waals surface area contributed by atoms with E-state index in [1.54, 1.807) is 12.1 Å². The second-order valence-corrected chi connectivity index (χ2v) is 5.72. The minimum Gasteiger partial charge on any atom is -0.449 e. The summed E-state index contributed by atoms with van der Waals surface area (Å²) < 4.78 is 5.04. The molecule has 24 heavy (non-hydrogen) atoms. The maximum Gasteiger partial charge on any atom is 0.331 e. The number of hydrogen-bond acceptors (Lipinski definition) is 5. The molecule has 0 aliphatic heterocycles. The Morgan fingerprint density at radius 1 is 1.33 bits per heavy atom. The smallest absolute Gasteiger partial charge is 0.331 e. The van der Waals surface area contributed by atoms with Gasteiger partial charge in [0, 0.05) is 18.2 Å². The fourth-order valence-corrected chi connectivity index (χ4v) is 2.61. The van der Waals surface area contributed by atoms with Crippen molar-refractivity contribution >= 4 is 23.6 Å². The van der Waals surface area contributed by atoms with Gasteiger partial charge in [-0.3, -0.25) is 14.9 Å². The first kappa shape index (κ1) is 17.7. The van der Waals surface area contributed by atoms with Gasteiger partial charge in [0.25, 0.3) is 11.6 Å². The Morgan fingerprint density at radius 2 is 2.00 bits per heavy atom. The summed E-state index contributed by atoms with van der Waals surface area (Å²) in [6.07, 6.45) is 5.57. The molecule has 0 bridgehead atoms. The zero-order valence-corrected chi connectivity index (χ0v) is 13.4. The molecule has 1 aliphatic rings. The summed E-state index contributed by atoms with van der Waals surface area (Å²) in [6.45, 7) is 1.50. The normalized spacial score (nSPS) is 16.0. The van der Waals surface area contributed by atoms with Crippen LogP contribution in [0.4, 0.5) is 5.69 Å². The largest absolute Gasteiger partial charge is 0.449 e. The Kier molecular flexibility index (Phi) is 6.06. The number of esters is 1. The zero-order chi connectivity index (χ0) is 17.5. The van der Waals surface area contributed by atoms with Crippen LogP contribution in [0.15, 0.2) is 30.3 Å².